The van der Waals surface area contributed by atoms with Crippen LogP contribution in [0.4, 0.5) is 0 Å². The van der Waals surface area contributed by atoms with Gasteiger partial charge in [0.15, 0.2) is 0 Å². The van der Waals surface area contributed by atoms with Crippen LogP contribution in [0, 0.1) is 0 Å². The van der Waals surface area contributed by atoms with Gasteiger partial charge in [-0.1, -0.05) is 18.2 Å². The second-order valence-corrected chi connectivity index (χ2v) is 5.22. The summed E-state index contributed by atoms with van der Waals surface area (Å²) in [5, 5.41) is 6.20. The van der Waals surface area contributed by atoms with E-state index in [0.29, 0.717) is 13.2 Å². The van der Waals surface area contributed by atoms with Crippen LogP contribution in [0.3, 0.4) is 0 Å². The van der Waals surface area contributed by atoms with E-state index < -0.39 is 5.60 Å². The molecule has 1 aromatic rings. The predicted octanol–water partition coefficient (Wildman–Crippen LogP) is 1.34. The van der Waals surface area contributed by atoms with Gasteiger partial charge in [-0.05, 0) is 44.5 Å². The molecule has 0 unspecified atom stereocenters. The molecular weight excluding hydrogens is 268 g/mol. The zero-order valence-electron chi connectivity index (χ0n) is 12.6. The van der Waals surface area contributed by atoms with E-state index >= 15 is 0 Å². The fourth-order valence-electron chi connectivity index (χ4n) is 2.50. The second-order valence-electron chi connectivity index (χ2n) is 5.22. The van der Waals surface area contributed by atoms with E-state index in [1.54, 1.807) is 7.11 Å². The van der Waals surface area contributed by atoms with Gasteiger partial charge in [0.2, 0.25) is 0 Å². The number of ether oxygens (including phenoxy) is 2. The molecule has 1 fully saturated rings. The molecule has 2 rings (SSSR count). The van der Waals surface area contributed by atoms with Crippen LogP contribution in [0.2, 0.25) is 0 Å². The van der Waals surface area contributed by atoms with E-state index in [1.165, 1.54) is 0 Å². The summed E-state index contributed by atoms with van der Waals surface area (Å²) in [6.45, 7) is 2.83. The number of piperidine rings is 1. The van der Waals surface area contributed by atoms with Crippen molar-refractivity contribution in [2.75, 3.05) is 33.4 Å². The van der Waals surface area contributed by atoms with Crippen molar-refractivity contribution in [3.05, 3.63) is 30.3 Å². The molecule has 0 atom stereocenters. The zero-order valence-corrected chi connectivity index (χ0v) is 12.6. The molecule has 5 heteroatoms. The first-order chi connectivity index (χ1) is 10.3. The molecule has 0 spiro atoms. The smallest absolute Gasteiger partial charge is 0.252 e. The fraction of sp³-hybridized carbons (Fsp3) is 0.562. The molecule has 0 bridgehead atoms. The third-order valence-electron chi connectivity index (χ3n) is 3.83. The van der Waals surface area contributed by atoms with Crippen molar-refractivity contribution in [3.63, 3.8) is 0 Å². The largest absolute Gasteiger partial charge is 0.494 e. The van der Waals surface area contributed by atoms with E-state index in [4.69, 9.17) is 9.47 Å². The number of hydrogen-bond acceptors (Lipinski definition) is 4. The van der Waals surface area contributed by atoms with Gasteiger partial charge < -0.3 is 20.1 Å². The maximum atomic E-state index is 12.3. The van der Waals surface area contributed by atoms with Crippen molar-refractivity contribution in [2.45, 2.75) is 24.9 Å². The minimum Gasteiger partial charge on any atom is -0.494 e. The Hall–Kier alpha value is -1.59. The average molecular weight is 292 g/mol. The Morgan fingerprint density at radius 3 is 2.67 bits per heavy atom. The monoisotopic (exact) mass is 292 g/mol. The van der Waals surface area contributed by atoms with Gasteiger partial charge in [0.25, 0.3) is 5.91 Å². The molecule has 21 heavy (non-hydrogen) atoms. The summed E-state index contributed by atoms with van der Waals surface area (Å²) in [5.74, 6) is 0.849. The first kappa shape index (κ1) is 15.8. The lowest BCUT2D eigenvalue weighted by Gasteiger charge is -2.34. The van der Waals surface area contributed by atoms with Crippen LogP contribution >= 0.6 is 0 Å². The lowest BCUT2D eigenvalue weighted by atomic mass is 9.91. The Morgan fingerprint density at radius 1 is 1.29 bits per heavy atom. The Labute approximate surface area is 126 Å². The number of methoxy groups -OCH3 is 1. The highest BCUT2D eigenvalue weighted by molar-refractivity contribution is 5.85. The van der Waals surface area contributed by atoms with Crippen molar-refractivity contribution in [1.29, 1.82) is 0 Å². The first-order valence-electron chi connectivity index (χ1n) is 7.49. The number of amides is 1. The highest BCUT2D eigenvalue weighted by Gasteiger charge is 2.39. The Morgan fingerprint density at radius 2 is 2.00 bits per heavy atom. The quantitative estimate of drug-likeness (QED) is 0.745. The summed E-state index contributed by atoms with van der Waals surface area (Å²) in [4.78, 5) is 12.3. The predicted molar refractivity (Wildman–Crippen MR) is 81.4 cm³/mol. The van der Waals surface area contributed by atoms with Crippen molar-refractivity contribution in [1.82, 2.24) is 10.6 Å². The maximum Gasteiger partial charge on any atom is 0.252 e. The minimum absolute atomic E-state index is 0.00814. The molecule has 1 amide bonds. The number of benzene rings is 1. The summed E-state index contributed by atoms with van der Waals surface area (Å²) >= 11 is 0. The SMILES string of the molecule is COC1(C(=O)NCCCOc2ccccc2)CCNCC1. The first-order valence-corrected chi connectivity index (χ1v) is 7.49. The molecule has 116 valence electrons. The van der Waals surface area contributed by atoms with Gasteiger partial charge in [-0.2, -0.15) is 0 Å². The van der Waals surface area contributed by atoms with Crippen molar-refractivity contribution in [2.24, 2.45) is 0 Å². The van der Waals surface area contributed by atoms with E-state index in [0.717, 1.165) is 38.1 Å². The molecule has 5 nitrogen and oxygen atoms in total. The van der Waals surface area contributed by atoms with Gasteiger partial charge in [-0.15, -0.1) is 0 Å². The number of carbonyl (C=O) groups excluding carboxylic acids is 1. The topological polar surface area (TPSA) is 59.6 Å². The third-order valence-corrected chi connectivity index (χ3v) is 3.83. The molecule has 1 heterocycles. The summed E-state index contributed by atoms with van der Waals surface area (Å²) in [6, 6.07) is 9.69. The summed E-state index contributed by atoms with van der Waals surface area (Å²) < 4.78 is 11.1. The molecule has 0 aliphatic carbocycles. The van der Waals surface area contributed by atoms with Crippen LogP contribution in [0.1, 0.15) is 19.3 Å². The highest BCUT2D eigenvalue weighted by atomic mass is 16.5. The van der Waals surface area contributed by atoms with Gasteiger partial charge in [-0.3, -0.25) is 4.79 Å². The second kappa shape index (κ2) is 8.00. The number of rotatable bonds is 7. The number of carbonyl (C=O) groups is 1. The summed E-state index contributed by atoms with van der Waals surface area (Å²) in [6.07, 6.45) is 2.21. The minimum atomic E-state index is -0.661. The van der Waals surface area contributed by atoms with Crippen LogP contribution in [-0.4, -0.2) is 44.9 Å². The lowest BCUT2D eigenvalue weighted by Crippen LogP contribution is -2.54. The average Bonchev–Trinajstić information content (AvgIpc) is 2.56. The standard InChI is InChI=1S/C16H24N2O3/c1-20-16(8-11-17-12-9-16)15(19)18-10-5-13-21-14-6-3-2-4-7-14/h2-4,6-7,17H,5,8-13H2,1H3,(H,18,19). The lowest BCUT2D eigenvalue weighted by molar-refractivity contribution is -0.146. The van der Waals surface area contributed by atoms with Gasteiger partial charge in [0, 0.05) is 13.7 Å². The Bertz CT molecular complexity index is 430. The van der Waals surface area contributed by atoms with Gasteiger partial charge in [0.1, 0.15) is 11.4 Å². The van der Waals surface area contributed by atoms with Gasteiger partial charge in [0.05, 0.1) is 6.61 Å². The maximum absolute atomic E-state index is 12.3. The van der Waals surface area contributed by atoms with Crippen LogP contribution in [0.5, 0.6) is 5.75 Å². The fourth-order valence-corrected chi connectivity index (χ4v) is 2.50. The zero-order chi connectivity index (χ0) is 15.0. The summed E-state index contributed by atoms with van der Waals surface area (Å²) in [5.41, 5.74) is -0.661. The van der Waals surface area contributed by atoms with E-state index in [9.17, 15) is 4.79 Å². The van der Waals surface area contributed by atoms with E-state index in [2.05, 4.69) is 10.6 Å². The van der Waals surface area contributed by atoms with Crippen LogP contribution in [-0.2, 0) is 9.53 Å². The van der Waals surface area contributed by atoms with E-state index in [-0.39, 0.29) is 5.91 Å². The van der Waals surface area contributed by atoms with Crippen molar-refractivity contribution in [3.8, 4) is 5.75 Å². The molecule has 1 aliphatic heterocycles. The molecule has 2 N–H and O–H groups in total. The number of hydrogen-bond donors (Lipinski definition) is 2. The molecule has 0 saturated carbocycles. The molecule has 1 saturated heterocycles. The molecule has 1 aliphatic rings. The highest BCUT2D eigenvalue weighted by Crippen LogP contribution is 2.22. The van der Waals surface area contributed by atoms with Gasteiger partial charge >= 0.3 is 0 Å². The molecule has 0 radical (unpaired) electrons. The number of nitrogens with one attached hydrogen (secondary N) is 2. The number of para-hydroxylation sites is 1. The van der Waals surface area contributed by atoms with Crippen molar-refractivity contribution < 1.29 is 14.3 Å². The molecule has 1 aromatic carbocycles. The van der Waals surface area contributed by atoms with Crippen LogP contribution in [0.25, 0.3) is 0 Å². The molecular formula is C16H24N2O3. The van der Waals surface area contributed by atoms with Crippen LogP contribution in [0.15, 0.2) is 30.3 Å². The van der Waals surface area contributed by atoms with Gasteiger partial charge in [-0.25, -0.2) is 0 Å². The Kier molecular flexibility index (Phi) is 6.02. The van der Waals surface area contributed by atoms with E-state index in [1.807, 2.05) is 30.3 Å². The van der Waals surface area contributed by atoms with Crippen LogP contribution < -0.4 is 15.4 Å². The normalized spacial score (nSPS) is 17.2. The summed E-state index contributed by atoms with van der Waals surface area (Å²) in [7, 11) is 1.61. The third kappa shape index (κ3) is 4.44. The Balaban J connectivity index is 1.67. The van der Waals surface area contributed by atoms with Crippen molar-refractivity contribution >= 4 is 5.91 Å². The molecule has 0 aromatic heterocycles.